The normalized spacial score (nSPS) is 12.6. The maximum Gasteiger partial charge on any atom is 0.103 e. The quantitative estimate of drug-likeness (QED) is 0.662. The van der Waals surface area contributed by atoms with E-state index in [1.54, 1.807) is 6.26 Å². The van der Waals surface area contributed by atoms with Crippen LogP contribution in [0.4, 0.5) is 0 Å². The molecular weight excluding hydrogens is 186 g/mol. The molecule has 2 nitrogen and oxygen atoms in total. The second-order valence-electron chi connectivity index (χ2n) is 3.74. The number of rotatable bonds is 8. The molecule has 1 rings (SSSR count). The first-order valence-corrected chi connectivity index (χ1v) is 5.73. The molecule has 1 aromatic rings. The average molecular weight is 207 g/mol. The van der Waals surface area contributed by atoms with Crippen molar-refractivity contribution in [2.45, 2.75) is 38.6 Å². The van der Waals surface area contributed by atoms with Gasteiger partial charge < -0.3 is 9.73 Å². The van der Waals surface area contributed by atoms with E-state index in [4.69, 9.17) is 4.42 Å². The van der Waals surface area contributed by atoms with Crippen molar-refractivity contribution in [3.8, 4) is 0 Å². The van der Waals surface area contributed by atoms with Crippen molar-refractivity contribution >= 4 is 0 Å². The van der Waals surface area contributed by atoms with Crippen LogP contribution in [0.3, 0.4) is 0 Å². The van der Waals surface area contributed by atoms with Gasteiger partial charge in [0.25, 0.3) is 0 Å². The maximum absolute atomic E-state index is 5.32. The molecule has 84 valence electrons. The van der Waals surface area contributed by atoms with Gasteiger partial charge >= 0.3 is 0 Å². The van der Waals surface area contributed by atoms with Gasteiger partial charge in [-0.3, -0.25) is 0 Å². The molecule has 0 aliphatic rings. The van der Waals surface area contributed by atoms with Crippen molar-refractivity contribution in [1.29, 1.82) is 0 Å². The van der Waals surface area contributed by atoms with Crippen LogP contribution >= 0.6 is 0 Å². The summed E-state index contributed by atoms with van der Waals surface area (Å²) in [7, 11) is 0. The van der Waals surface area contributed by atoms with Crippen LogP contribution < -0.4 is 5.32 Å². The summed E-state index contributed by atoms with van der Waals surface area (Å²) < 4.78 is 5.32. The van der Waals surface area contributed by atoms with Crippen molar-refractivity contribution in [2.75, 3.05) is 6.54 Å². The Morgan fingerprint density at radius 2 is 2.40 bits per heavy atom. The van der Waals surface area contributed by atoms with Gasteiger partial charge in [0, 0.05) is 12.5 Å². The number of hydrogen-bond donors (Lipinski definition) is 1. The molecule has 0 aliphatic heterocycles. The molecule has 1 N–H and O–H groups in total. The van der Waals surface area contributed by atoms with Gasteiger partial charge in [-0.05, 0) is 37.9 Å². The minimum atomic E-state index is 0.582. The Hall–Kier alpha value is -1.02. The number of nitrogens with one attached hydrogen (secondary N) is 1. The van der Waals surface area contributed by atoms with Gasteiger partial charge in [0.05, 0.1) is 6.26 Å². The highest BCUT2D eigenvalue weighted by molar-refractivity contribution is 4.98. The Balaban J connectivity index is 2.27. The van der Waals surface area contributed by atoms with Crippen LogP contribution in [0.1, 0.15) is 31.9 Å². The fourth-order valence-electron chi connectivity index (χ4n) is 1.73. The van der Waals surface area contributed by atoms with E-state index in [0.717, 1.165) is 38.0 Å². The first-order valence-electron chi connectivity index (χ1n) is 5.73. The lowest BCUT2D eigenvalue weighted by Gasteiger charge is -2.16. The minimum Gasteiger partial charge on any atom is -0.469 e. The minimum absolute atomic E-state index is 0.582. The molecule has 0 aliphatic carbocycles. The largest absolute Gasteiger partial charge is 0.469 e. The molecule has 1 heterocycles. The zero-order valence-corrected chi connectivity index (χ0v) is 9.54. The van der Waals surface area contributed by atoms with Gasteiger partial charge in [-0.25, -0.2) is 0 Å². The molecule has 0 saturated heterocycles. The van der Waals surface area contributed by atoms with Crippen molar-refractivity contribution in [3.05, 3.63) is 36.8 Å². The molecule has 0 bridgehead atoms. The number of allylic oxidation sites excluding steroid dienone is 1. The van der Waals surface area contributed by atoms with Gasteiger partial charge in [0.2, 0.25) is 0 Å². The lowest BCUT2D eigenvalue weighted by atomic mass is 10.0. The van der Waals surface area contributed by atoms with Crippen LogP contribution in [-0.4, -0.2) is 12.6 Å². The summed E-state index contributed by atoms with van der Waals surface area (Å²) in [4.78, 5) is 0. The smallest absolute Gasteiger partial charge is 0.103 e. The Labute approximate surface area is 92.4 Å². The zero-order valence-electron chi connectivity index (χ0n) is 9.54. The monoisotopic (exact) mass is 207 g/mol. The summed E-state index contributed by atoms with van der Waals surface area (Å²) in [6.45, 7) is 6.93. The first-order chi connectivity index (χ1) is 7.36. The van der Waals surface area contributed by atoms with Gasteiger partial charge in [-0.15, -0.1) is 6.58 Å². The molecule has 0 amide bonds. The molecule has 15 heavy (non-hydrogen) atoms. The van der Waals surface area contributed by atoms with Crippen LogP contribution in [0.25, 0.3) is 0 Å². The zero-order chi connectivity index (χ0) is 10.9. The lowest BCUT2D eigenvalue weighted by molar-refractivity contribution is 0.434. The fourth-order valence-corrected chi connectivity index (χ4v) is 1.73. The van der Waals surface area contributed by atoms with E-state index in [1.165, 1.54) is 0 Å². The summed E-state index contributed by atoms with van der Waals surface area (Å²) in [6.07, 6.45) is 8.11. The summed E-state index contributed by atoms with van der Waals surface area (Å²) in [6, 6.07) is 4.57. The van der Waals surface area contributed by atoms with E-state index in [1.807, 2.05) is 18.2 Å². The Morgan fingerprint density at radius 3 is 3.00 bits per heavy atom. The third kappa shape index (κ3) is 4.84. The van der Waals surface area contributed by atoms with Crippen LogP contribution in [0, 0.1) is 0 Å². The second kappa shape index (κ2) is 7.30. The van der Waals surface area contributed by atoms with Crippen molar-refractivity contribution in [3.63, 3.8) is 0 Å². The highest BCUT2D eigenvalue weighted by Crippen LogP contribution is 2.09. The molecule has 0 fully saturated rings. The SMILES string of the molecule is C=CCCC(CCc1ccco1)NCC. The first kappa shape index (κ1) is 12.1. The van der Waals surface area contributed by atoms with E-state index in [-0.39, 0.29) is 0 Å². The van der Waals surface area contributed by atoms with Crippen LogP contribution in [0.5, 0.6) is 0 Å². The molecule has 1 unspecified atom stereocenters. The summed E-state index contributed by atoms with van der Waals surface area (Å²) >= 11 is 0. The molecule has 2 heteroatoms. The Bertz CT molecular complexity index is 254. The highest BCUT2D eigenvalue weighted by Gasteiger charge is 2.07. The van der Waals surface area contributed by atoms with Gasteiger partial charge in [-0.1, -0.05) is 13.0 Å². The highest BCUT2D eigenvalue weighted by atomic mass is 16.3. The standard InChI is InChI=1S/C13H21NO/c1-3-5-7-12(14-4-2)9-10-13-8-6-11-15-13/h3,6,8,11-12,14H,1,4-5,7,9-10H2,2H3. The molecule has 0 aromatic carbocycles. The van der Waals surface area contributed by atoms with E-state index < -0.39 is 0 Å². The maximum atomic E-state index is 5.32. The summed E-state index contributed by atoms with van der Waals surface area (Å²) in [5, 5.41) is 3.49. The van der Waals surface area contributed by atoms with E-state index in [0.29, 0.717) is 6.04 Å². The van der Waals surface area contributed by atoms with Crippen molar-refractivity contribution in [2.24, 2.45) is 0 Å². The Kier molecular flexibility index (Phi) is 5.86. The topological polar surface area (TPSA) is 25.2 Å². The molecule has 0 radical (unpaired) electrons. The van der Waals surface area contributed by atoms with Crippen molar-refractivity contribution in [1.82, 2.24) is 5.32 Å². The van der Waals surface area contributed by atoms with Gasteiger partial charge in [0.15, 0.2) is 0 Å². The van der Waals surface area contributed by atoms with Crippen molar-refractivity contribution < 1.29 is 4.42 Å². The molecule has 1 aromatic heterocycles. The predicted molar refractivity (Wildman–Crippen MR) is 63.9 cm³/mol. The lowest BCUT2D eigenvalue weighted by Crippen LogP contribution is -2.29. The van der Waals surface area contributed by atoms with Gasteiger partial charge in [-0.2, -0.15) is 0 Å². The van der Waals surface area contributed by atoms with E-state index in [2.05, 4.69) is 18.8 Å². The van der Waals surface area contributed by atoms with E-state index in [9.17, 15) is 0 Å². The van der Waals surface area contributed by atoms with Crippen LogP contribution in [0.2, 0.25) is 0 Å². The Morgan fingerprint density at radius 1 is 1.53 bits per heavy atom. The fraction of sp³-hybridized carbons (Fsp3) is 0.538. The summed E-state index contributed by atoms with van der Waals surface area (Å²) in [5.74, 6) is 1.08. The second-order valence-corrected chi connectivity index (χ2v) is 3.74. The third-order valence-corrected chi connectivity index (χ3v) is 2.53. The molecule has 0 spiro atoms. The molecular formula is C13H21NO. The number of furan rings is 1. The average Bonchev–Trinajstić information content (AvgIpc) is 2.75. The van der Waals surface area contributed by atoms with Crippen LogP contribution in [0.15, 0.2) is 35.5 Å². The number of hydrogen-bond acceptors (Lipinski definition) is 2. The number of aryl methyl sites for hydroxylation is 1. The third-order valence-electron chi connectivity index (χ3n) is 2.53. The van der Waals surface area contributed by atoms with Gasteiger partial charge in [0.1, 0.15) is 5.76 Å². The van der Waals surface area contributed by atoms with E-state index >= 15 is 0 Å². The van der Waals surface area contributed by atoms with Crippen LogP contribution in [-0.2, 0) is 6.42 Å². The summed E-state index contributed by atoms with van der Waals surface area (Å²) in [5.41, 5.74) is 0. The predicted octanol–water partition coefficient (Wildman–Crippen LogP) is 3.16. The molecule has 0 saturated carbocycles. The molecule has 1 atom stereocenters.